The Kier molecular flexibility index (Phi) is 7.04. The smallest absolute Gasteiger partial charge is 0.271 e. The molecule has 0 bridgehead atoms. The van der Waals surface area contributed by atoms with Gasteiger partial charge in [0.15, 0.2) is 5.58 Å². The van der Waals surface area contributed by atoms with Crippen molar-refractivity contribution in [2.75, 3.05) is 26.2 Å². The average molecular weight is 517 g/mol. The highest BCUT2D eigenvalue weighted by Crippen LogP contribution is 2.33. The van der Waals surface area contributed by atoms with Crippen molar-refractivity contribution in [2.24, 2.45) is 0 Å². The molecule has 35 heavy (non-hydrogen) atoms. The lowest BCUT2D eigenvalue weighted by Crippen LogP contribution is -2.34. The Morgan fingerprint density at radius 3 is 2.77 bits per heavy atom. The molecule has 4 aromatic rings. The molecule has 2 aromatic heterocycles. The summed E-state index contributed by atoms with van der Waals surface area (Å²) in [5.74, 6) is 0.325. The zero-order valence-electron chi connectivity index (χ0n) is 18.8. The third kappa shape index (κ3) is 5.19. The topological polar surface area (TPSA) is 73.4 Å². The summed E-state index contributed by atoms with van der Waals surface area (Å²) in [7, 11) is 0. The number of aromatic nitrogens is 3. The van der Waals surface area contributed by atoms with E-state index in [0.717, 1.165) is 50.0 Å². The molecule has 3 heterocycles. The Bertz CT molecular complexity index is 1400. The number of hydrogen-bond acceptors (Lipinski definition) is 6. The molecule has 0 amide bonds. The molecule has 7 nitrogen and oxygen atoms in total. The van der Waals surface area contributed by atoms with Crippen LogP contribution >= 0.6 is 23.2 Å². The van der Waals surface area contributed by atoms with Gasteiger partial charge in [0.2, 0.25) is 5.88 Å². The predicted molar refractivity (Wildman–Crippen MR) is 132 cm³/mol. The number of nitrogens with zero attached hydrogens (tertiary/aromatic N) is 4. The van der Waals surface area contributed by atoms with Crippen molar-refractivity contribution in [1.82, 2.24) is 19.8 Å². The Morgan fingerprint density at radius 1 is 1.11 bits per heavy atom. The normalized spacial score (nSPS) is 15.1. The van der Waals surface area contributed by atoms with Crippen LogP contribution in [0.1, 0.15) is 30.9 Å². The minimum absolute atomic E-state index is 0.259. The average Bonchev–Trinajstić information content (AvgIpc) is 3.28. The number of fused-ring (bicyclic) bond motifs is 1. The first-order chi connectivity index (χ1) is 17.0. The number of likely N-dealkylation sites (tertiary alicyclic amines) is 1. The molecule has 0 unspecified atom stereocenters. The fourth-order valence-electron chi connectivity index (χ4n) is 4.42. The van der Waals surface area contributed by atoms with Gasteiger partial charge in [0.25, 0.3) is 5.56 Å². The fraction of sp³-hybridized carbons (Fsp3) is 0.320. The minimum Gasteiger partial charge on any atom is -0.477 e. The third-order valence-electron chi connectivity index (χ3n) is 6.24. The largest absolute Gasteiger partial charge is 0.477 e. The second kappa shape index (κ2) is 10.4. The number of halogens is 3. The van der Waals surface area contributed by atoms with Gasteiger partial charge in [-0.25, -0.2) is 4.39 Å². The van der Waals surface area contributed by atoms with E-state index in [-0.39, 0.29) is 16.4 Å². The molecule has 0 aliphatic carbocycles. The Balaban J connectivity index is 1.12. The van der Waals surface area contributed by atoms with Crippen molar-refractivity contribution in [2.45, 2.75) is 25.2 Å². The van der Waals surface area contributed by atoms with Crippen LogP contribution in [0, 0.1) is 5.82 Å². The lowest BCUT2D eigenvalue weighted by atomic mass is 9.91. The highest BCUT2D eigenvalue weighted by Gasteiger charge is 2.25. The third-order valence-corrected chi connectivity index (χ3v) is 7.05. The van der Waals surface area contributed by atoms with Crippen molar-refractivity contribution in [3.63, 3.8) is 0 Å². The number of rotatable bonds is 7. The zero-order valence-corrected chi connectivity index (χ0v) is 20.3. The van der Waals surface area contributed by atoms with Crippen molar-refractivity contribution in [1.29, 1.82) is 0 Å². The molecule has 0 saturated carbocycles. The van der Waals surface area contributed by atoms with Gasteiger partial charge in [-0.2, -0.15) is 4.68 Å². The van der Waals surface area contributed by atoms with Gasteiger partial charge in [-0.1, -0.05) is 34.4 Å². The fourth-order valence-corrected chi connectivity index (χ4v) is 4.80. The van der Waals surface area contributed by atoms with Crippen LogP contribution in [0.5, 0.6) is 5.88 Å². The second-order valence-corrected chi connectivity index (χ2v) is 9.31. The molecule has 1 aliphatic rings. The molecule has 5 rings (SSSR count). The van der Waals surface area contributed by atoms with Crippen LogP contribution in [0.15, 0.2) is 57.8 Å². The van der Waals surface area contributed by atoms with E-state index < -0.39 is 0 Å². The van der Waals surface area contributed by atoms with Gasteiger partial charge in [-0.15, -0.1) is 5.10 Å². The van der Waals surface area contributed by atoms with Gasteiger partial charge in [0.1, 0.15) is 5.82 Å². The minimum atomic E-state index is -0.325. The predicted octanol–water partition coefficient (Wildman–Crippen LogP) is 5.47. The van der Waals surface area contributed by atoms with Crippen molar-refractivity contribution < 1.29 is 13.7 Å². The SMILES string of the molecule is O=c1ccc(OCCCN2CCC(c3noc4cc(F)ccc34)CC2)nn1-c1cccc(Cl)c1Cl. The van der Waals surface area contributed by atoms with E-state index in [0.29, 0.717) is 34.7 Å². The maximum absolute atomic E-state index is 13.4. The quantitative estimate of drug-likeness (QED) is 0.303. The highest BCUT2D eigenvalue weighted by atomic mass is 35.5. The monoisotopic (exact) mass is 516 g/mol. The molecule has 1 aliphatic heterocycles. The first-order valence-electron chi connectivity index (χ1n) is 11.4. The molecule has 182 valence electrons. The summed E-state index contributed by atoms with van der Waals surface area (Å²) in [5.41, 5.74) is 1.50. The summed E-state index contributed by atoms with van der Waals surface area (Å²) in [4.78, 5) is 14.7. The van der Waals surface area contributed by atoms with Crippen molar-refractivity contribution >= 4 is 34.2 Å². The second-order valence-electron chi connectivity index (χ2n) is 8.52. The summed E-state index contributed by atoms with van der Waals surface area (Å²) < 4.78 is 25.7. The Hall–Kier alpha value is -2.94. The van der Waals surface area contributed by atoms with Crippen molar-refractivity contribution in [3.05, 3.63) is 80.4 Å². The van der Waals surface area contributed by atoms with Crippen LogP contribution in [0.3, 0.4) is 0 Å². The Morgan fingerprint density at radius 2 is 1.94 bits per heavy atom. The molecular formula is C25H23Cl2FN4O3. The molecular weight excluding hydrogens is 494 g/mol. The summed E-state index contributed by atoms with van der Waals surface area (Å²) in [5, 5.41) is 10.00. The van der Waals surface area contributed by atoms with E-state index in [1.165, 1.54) is 22.9 Å². The van der Waals surface area contributed by atoms with Crippen LogP contribution in [0.25, 0.3) is 16.7 Å². The molecule has 0 radical (unpaired) electrons. The molecule has 0 atom stereocenters. The number of ether oxygens (including phenoxy) is 1. The van der Waals surface area contributed by atoms with Crippen molar-refractivity contribution in [3.8, 4) is 11.6 Å². The van der Waals surface area contributed by atoms with Crippen LogP contribution in [0.4, 0.5) is 4.39 Å². The van der Waals surface area contributed by atoms with E-state index >= 15 is 0 Å². The molecule has 0 spiro atoms. The van der Waals surface area contributed by atoms with Gasteiger partial charge in [0.05, 0.1) is 28.0 Å². The lowest BCUT2D eigenvalue weighted by molar-refractivity contribution is 0.189. The summed E-state index contributed by atoms with van der Waals surface area (Å²) >= 11 is 12.3. The maximum Gasteiger partial charge on any atom is 0.271 e. The van der Waals surface area contributed by atoms with E-state index in [2.05, 4.69) is 15.2 Å². The highest BCUT2D eigenvalue weighted by molar-refractivity contribution is 6.43. The Labute approximate surface area is 211 Å². The number of piperidine rings is 1. The van der Waals surface area contributed by atoms with Crippen LogP contribution in [0.2, 0.25) is 10.0 Å². The van der Waals surface area contributed by atoms with Gasteiger partial charge < -0.3 is 14.2 Å². The molecule has 1 saturated heterocycles. The first kappa shape index (κ1) is 23.8. The molecule has 2 aromatic carbocycles. The van der Waals surface area contributed by atoms with Crippen LogP contribution < -0.4 is 10.3 Å². The molecule has 10 heteroatoms. The molecule has 1 fully saturated rings. The maximum atomic E-state index is 13.4. The van der Waals surface area contributed by atoms with Gasteiger partial charge in [0, 0.05) is 36.0 Å². The summed E-state index contributed by atoms with van der Waals surface area (Å²) in [6.07, 6.45) is 2.75. The number of benzene rings is 2. The standard InChI is InChI=1S/C25H23Cl2FN4O3/c26-19-3-1-4-20(24(19)27)32-23(33)8-7-22(29-32)34-14-2-11-31-12-9-16(10-13-31)25-18-6-5-17(28)15-21(18)35-30-25/h1,3-8,15-16H,2,9-14H2. The van der Waals surface area contributed by atoms with Gasteiger partial charge in [-0.05, 0) is 56.6 Å². The molecule has 0 N–H and O–H groups in total. The van der Waals surface area contributed by atoms with E-state index in [9.17, 15) is 9.18 Å². The summed E-state index contributed by atoms with van der Waals surface area (Å²) in [6.45, 7) is 3.23. The number of hydrogen-bond donors (Lipinski definition) is 0. The van der Waals surface area contributed by atoms with Gasteiger partial charge in [-0.3, -0.25) is 4.79 Å². The van der Waals surface area contributed by atoms with E-state index in [4.69, 9.17) is 32.5 Å². The van der Waals surface area contributed by atoms with E-state index in [1.54, 1.807) is 30.3 Å². The van der Waals surface area contributed by atoms with Crippen LogP contribution in [-0.4, -0.2) is 46.1 Å². The zero-order chi connectivity index (χ0) is 24.4. The van der Waals surface area contributed by atoms with Crippen LogP contribution in [-0.2, 0) is 0 Å². The van der Waals surface area contributed by atoms with Gasteiger partial charge >= 0.3 is 0 Å². The lowest BCUT2D eigenvalue weighted by Gasteiger charge is -2.31. The first-order valence-corrected chi connectivity index (χ1v) is 12.2. The summed E-state index contributed by atoms with van der Waals surface area (Å²) in [6, 6.07) is 12.6. The van der Waals surface area contributed by atoms with E-state index in [1.807, 2.05) is 0 Å².